The Morgan fingerprint density at radius 2 is 2.40 bits per heavy atom. The van der Waals surface area contributed by atoms with Gasteiger partial charge in [-0.25, -0.2) is 4.98 Å². The van der Waals surface area contributed by atoms with Gasteiger partial charge in [0.15, 0.2) is 0 Å². The number of hydrogen-bond donors (Lipinski definition) is 2. The third-order valence-electron chi connectivity index (χ3n) is 1.77. The molecule has 1 atom stereocenters. The van der Waals surface area contributed by atoms with Crippen LogP contribution in [0, 0.1) is 0 Å². The molecule has 0 spiro atoms. The van der Waals surface area contributed by atoms with Gasteiger partial charge < -0.3 is 15.2 Å². The van der Waals surface area contributed by atoms with Gasteiger partial charge in [-0.05, 0) is 13.0 Å². The quantitative estimate of drug-likeness (QED) is 0.744. The van der Waals surface area contributed by atoms with Gasteiger partial charge in [-0.1, -0.05) is 0 Å². The van der Waals surface area contributed by atoms with Gasteiger partial charge in [0.25, 0.3) is 5.91 Å². The maximum Gasteiger partial charge on any atom is 0.252 e. The first-order valence-electron chi connectivity index (χ1n) is 4.60. The van der Waals surface area contributed by atoms with Crippen molar-refractivity contribution in [1.29, 1.82) is 0 Å². The minimum atomic E-state index is -0.555. The van der Waals surface area contributed by atoms with Crippen molar-refractivity contribution < 1.29 is 14.6 Å². The smallest absolute Gasteiger partial charge is 0.252 e. The molecule has 0 aromatic carbocycles. The fraction of sp³-hybridized carbons (Fsp3) is 0.400. The van der Waals surface area contributed by atoms with Crippen molar-refractivity contribution in [2.75, 3.05) is 13.7 Å². The zero-order chi connectivity index (χ0) is 11.3. The van der Waals surface area contributed by atoms with E-state index >= 15 is 0 Å². The normalized spacial score (nSPS) is 11.9. The summed E-state index contributed by atoms with van der Waals surface area (Å²) in [6.07, 6.45) is 0.871. The van der Waals surface area contributed by atoms with Gasteiger partial charge in [0.05, 0.1) is 18.8 Å². The maximum absolute atomic E-state index is 11.4. The molecular weight excluding hydrogens is 196 g/mol. The lowest BCUT2D eigenvalue weighted by atomic mass is 10.2. The van der Waals surface area contributed by atoms with E-state index in [2.05, 4.69) is 10.3 Å². The molecule has 0 aliphatic rings. The van der Waals surface area contributed by atoms with Gasteiger partial charge in [0.1, 0.15) is 0 Å². The first-order valence-corrected chi connectivity index (χ1v) is 4.60. The molecule has 5 nitrogen and oxygen atoms in total. The molecule has 0 bridgehead atoms. The summed E-state index contributed by atoms with van der Waals surface area (Å²) in [5.41, 5.74) is 0.441. The number of methoxy groups -OCH3 is 1. The summed E-state index contributed by atoms with van der Waals surface area (Å²) in [6, 6.07) is 3.22. The van der Waals surface area contributed by atoms with Gasteiger partial charge in [0, 0.05) is 18.8 Å². The minimum Gasteiger partial charge on any atom is -0.481 e. The van der Waals surface area contributed by atoms with Crippen molar-refractivity contribution in [3.63, 3.8) is 0 Å². The SMILES string of the molecule is COc1ccc(C(=O)NC[C@H](C)O)cn1. The standard InChI is InChI=1S/C10H14N2O3/c1-7(13)5-12-10(14)8-3-4-9(15-2)11-6-8/h3-4,6-7,13H,5H2,1-2H3,(H,12,14)/t7-/m0/s1. The summed E-state index contributed by atoms with van der Waals surface area (Å²) in [5.74, 6) is 0.202. The third-order valence-corrected chi connectivity index (χ3v) is 1.77. The average molecular weight is 210 g/mol. The fourth-order valence-corrected chi connectivity index (χ4v) is 0.978. The van der Waals surface area contributed by atoms with Crippen LogP contribution in [-0.2, 0) is 0 Å². The molecule has 0 saturated carbocycles. The summed E-state index contributed by atoms with van der Waals surface area (Å²) < 4.78 is 4.86. The number of aromatic nitrogens is 1. The zero-order valence-electron chi connectivity index (χ0n) is 8.73. The Labute approximate surface area is 88.1 Å². The van der Waals surface area contributed by atoms with Crippen LogP contribution in [0.2, 0.25) is 0 Å². The Morgan fingerprint density at radius 1 is 1.67 bits per heavy atom. The van der Waals surface area contributed by atoms with Gasteiger partial charge >= 0.3 is 0 Å². The summed E-state index contributed by atoms with van der Waals surface area (Å²) in [7, 11) is 1.51. The Morgan fingerprint density at radius 3 is 2.87 bits per heavy atom. The highest BCUT2D eigenvalue weighted by Crippen LogP contribution is 2.06. The predicted molar refractivity (Wildman–Crippen MR) is 54.8 cm³/mol. The van der Waals surface area contributed by atoms with Crippen LogP contribution in [0.25, 0.3) is 0 Å². The Kier molecular flexibility index (Phi) is 4.05. The monoisotopic (exact) mass is 210 g/mol. The molecule has 0 fully saturated rings. The predicted octanol–water partition coefficient (Wildman–Crippen LogP) is 0.201. The van der Waals surface area contributed by atoms with E-state index in [9.17, 15) is 4.79 Å². The summed E-state index contributed by atoms with van der Waals surface area (Å²) in [6.45, 7) is 1.83. The highest BCUT2D eigenvalue weighted by molar-refractivity contribution is 5.93. The van der Waals surface area contributed by atoms with E-state index in [-0.39, 0.29) is 12.5 Å². The number of carbonyl (C=O) groups excluding carboxylic acids is 1. The van der Waals surface area contributed by atoms with Crippen molar-refractivity contribution in [3.8, 4) is 5.88 Å². The molecule has 0 aliphatic carbocycles. The zero-order valence-corrected chi connectivity index (χ0v) is 8.73. The van der Waals surface area contributed by atoms with E-state index in [1.807, 2.05) is 0 Å². The number of hydrogen-bond acceptors (Lipinski definition) is 4. The molecular formula is C10H14N2O3. The van der Waals surface area contributed by atoms with Crippen LogP contribution < -0.4 is 10.1 Å². The number of nitrogens with one attached hydrogen (secondary N) is 1. The molecule has 1 aromatic heterocycles. The van der Waals surface area contributed by atoms with Crippen LogP contribution in [0.4, 0.5) is 0 Å². The van der Waals surface area contributed by atoms with Crippen molar-refractivity contribution >= 4 is 5.91 Å². The first kappa shape index (κ1) is 11.5. The number of nitrogens with zero attached hydrogens (tertiary/aromatic N) is 1. The van der Waals surface area contributed by atoms with Crippen LogP contribution in [0.3, 0.4) is 0 Å². The number of aliphatic hydroxyl groups excluding tert-OH is 1. The Balaban J connectivity index is 2.58. The van der Waals surface area contributed by atoms with E-state index in [1.165, 1.54) is 13.3 Å². The van der Waals surface area contributed by atoms with Crippen molar-refractivity contribution in [2.24, 2.45) is 0 Å². The second kappa shape index (κ2) is 5.31. The topological polar surface area (TPSA) is 71.5 Å². The molecule has 1 rings (SSSR count). The Hall–Kier alpha value is -1.62. The molecule has 0 unspecified atom stereocenters. The Bertz CT molecular complexity index is 322. The number of amides is 1. The summed E-state index contributed by atoms with van der Waals surface area (Å²) >= 11 is 0. The molecule has 1 aromatic rings. The molecule has 5 heteroatoms. The third kappa shape index (κ3) is 3.55. The maximum atomic E-state index is 11.4. The van der Waals surface area contributed by atoms with Crippen LogP contribution in [0.15, 0.2) is 18.3 Å². The molecule has 0 saturated heterocycles. The summed E-state index contributed by atoms with van der Waals surface area (Å²) in [4.78, 5) is 15.3. The largest absolute Gasteiger partial charge is 0.481 e. The fourth-order valence-electron chi connectivity index (χ4n) is 0.978. The number of pyridine rings is 1. The molecule has 1 heterocycles. The van der Waals surface area contributed by atoms with Gasteiger partial charge in [0.2, 0.25) is 5.88 Å². The van der Waals surface area contributed by atoms with Crippen LogP contribution in [0.1, 0.15) is 17.3 Å². The van der Waals surface area contributed by atoms with Crippen molar-refractivity contribution in [3.05, 3.63) is 23.9 Å². The van der Waals surface area contributed by atoms with E-state index in [0.29, 0.717) is 11.4 Å². The van der Waals surface area contributed by atoms with E-state index in [4.69, 9.17) is 9.84 Å². The number of ether oxygens (including phenoxy) is 1. The molecule has 0 radical (unpaired) electrons. The highest BCUT2D eigenvalue weighted by atomic mass is 16.5. The number of rotatable bonds is 4. The van der Waals surface area contributed by atoms with E-state index in [1.54, 1.807) is 19.1 Å². The van der Waals surface area contributed by atoms with Crippen LogP contribution >= 0.6 is 0 Å². The number of carbonyl (C=O) groups is 1. The van der Waals surface area contributed by atoms with Crippen molar-refractivity contribution in [1.82, 2.24) is 10.3 Å². The lowest BCUT2D eigenvalue weighted by Gasteiger charge is -2.06. The molecule has 2 N–H and O–H groups in total. The number of aliphatic hydroxyl groups is 1. The first-order chi connectivity index (χ1) is 7.13. The molecule has 15 heavy (non-hydrogen) atoms. The van der Waals surface area contributed by atoms with Crippen LogP contribution in [-0.4, -0.2) is 35.8 Å². The van der Waals surface area contributed by atoms with Gasteiger partial charge in [-0.15, -0.1) is 0 Å². The minimum absolute atomic E-state index is 0.227. The van der Waals surface area contributed by atoms with E-state index < -0.39 is 6.10 Å². The summed E-state index contributed by atoms with van der Waals surface area (Å²) in [5, 5.41) is 11.5. The molecule has 1 amide bonds. The lowest BCUT2D eigenvalue weighted by Crippen LogP contribution is -2.30. The van der Waals surface area contributed by atoms with E-state index in [0.717, 1.165) is 0 Å². The second-order valence-corrected chi connectivity index (χ2v) is 3.15. The second-order valence-electron chi connectivity index (χ2n) is 3.15. The molecule has 0 aliphatic heterocycles. The van der Waals surface area contributed by atoms with Gasteiger partial charge in [-0.3, -0.25) is 4.79 Å². The average Bonchev–Trinajstić information content (AvgIpc) is 2.26. The highest BCUT2D eigenvalue weighted by Gasteiger charge is 2.06. The van der Waals surface area contributed by atoms with Gasteiger partial charge in [-0.2, -0.15) is 0 Å². The van der Waals surface area contributed by atoms with Crippen molar-refractivity contribution in [2.45, 2.75) is 13.0 Å². The van der Waals surface area contributed by atoms with Crippen LogP contribution in [0.5, 0.6) is 5.88 Å². The lowest BCUT2D eigenvalue weighted by molar-refractivity contribution is 0.0923. The molecule has 82 valence electrons.